The van der Waals surface area contributed by atoms with Crippen molar-refractivity contribution in [2.24, 2.45) is 0 Å². The first-order valence-electron chi connectivity index (χ1n) is 10.9. The maximum Gasteiger partial charge on any atom is 0.407 e. The van der Waals surface area contributed by atoms with E-state index in [9.17, 15) is 9.59 Å². The van der Waals surface area contributed by atoms with Crippen LogP contribution in [-0.2, 0) is 9.53 Å². The van der Waals surface area contributed by atoms with E-state index in [1.54, 1.807) is 0 Å². The molecule has 5 nitrogen and oxygen atoms in total. The summed E-state index contributed by atoms with van der Waals surface area (Å²) in [5.41, 5.74) is 4.53. The van der Waals surface area contributed by atoms with E-state index in [2.05, 4.69) is 31.0 Å². The normalized spacial score (nSPS) is 12.6. The van der Waals surface area contributed by atoms with Crippen molar-refractivity contribution in [1.82, 2.24) is 5.32 Å². The van der Waals surface area contributed by atoms with Gasteiger partial charge in [0.25, 0.3) is 0 Å². The van der Waals surface area contributed by atoms with Crippen LogP contribution in [0.2, 0.25) is 0 Å². The zero-order chi connectivity index (χ0) is 22.6. The second-order valence-electron chi connectivity index (χ2n) is 7.67. The Morgan fingerprint density at radius 2 is 1.65 bits per heavy atom. The molecule has 0 fully saturated rings. The van der Waals surface area contributed by atoms with Crippen molar-refractivity contribution < 1.29 is 19.4 Å². The number of unbranched alkanes of at least 4 members (excludes halogenated alkanes) is 4. The molecule has 5 heteroatoms. The molecule has 0 heterocycles. The molecule has 31 heavy (non-hydrogen) atoms. The number of benzene rings is 2. The third-order valence-electron chi connectivity index (χ3n) is 5.31. The van der Waals surface area contributed by atoms with E-state index in [-0.39, 0.29) is 12.5 Å². The molecule has 0 saturated carbocycles. The van der Waals surface area contributed by atoms with Crippen LogP contribution >= 0.6 is 0 Å². The van der Waals surface area contributed by atoms with E-state index in [0.717, 1.165) is 22.3 Å². The number of hydrogen-bond acceptors (Lipinski definition) is 3. The molecule has 2 N–H and O–H groups in total. The second-order valence-corrected chi connectivity index (χ2v) is 7.67. The highest BCUT2D eigenvalue weighted by Crippen LogP contribution is 2.44. The minimum atomic E-state index is -1.10. The van der Waals surface area contributed by atoms with E-state index in [1.165, 1.54) is 39.0 Å². The van der Waals surface area contributed by atoms with E-state index >= 15 is 0 Å². The fourth-order valence-corrected chi connectivity index (χ4v) is 3.59. The van der Waals surface area contributed by atoms with Gasteiger partial charge in [-0.3, -0.25) is 4.79 Å². The van der Waals surface area contributed by atoms with E-state index in [4.69, 9.17) is 9.84 Å². The highest BCUT2D eigenvalue weighted by atomic mass is 16.5. The summed E-state index contributed by atoms with van der Waals surface area (Å²) in [6.07, 6.45) is 7.89. The molecular weight excluding hydrogens is 390 g/mol. The van der Waals surface area contributed by atoms with Crippen molar-refractivity contribution in [3.63, 3.8) is 0 Å². The highest BCUT2D eigenvalue weighted by Gasteiger charge is 2.29. The summed E-state index contributed by atoms with van der Waals surface area (Å²) < 4.78 is 5.25. The number of nitrogens with one attached hydrogen (secondary N) is 1. The van der Waals surface area contributed by atoms with Crippen LogP contribution in [0.25, 0.3) is 11.1 Å². The van der Waals surface area contributed by atoms with Gasteiger partial charge < -0.3 is 15.2 Å². The highest BCUT2D eigenvalue weighted by molar-refractivity contribution is 5.80. The fourth-order valence-electron chi connectivity index (χ4n) is 3.59. The monoisotopic (exact) mass is 423 g/mol. The maximum atomic E-state index is 11.7. The molecular formula is C26H33NO4. The molecule has 166 valence electrons. The Hall–Kier alpha value is -3.08. The molecule has 0 aromatic heterocycles. The number of carboxylic acid groups (broad SMARTS) is 1. The Morgan fingerprint density at radius 1 is 1.06 bits per heavy atom. The second kappa shape index (κ2) is 12.6. The predicted octanol–water partition coefficient (Wildman–Crippen LogP) is 6.14. The molecule has 3 rings (SSSR count). The largest absolute Gasteiger partial charge is 0.480 e. The van der Waals surface area contributed by atoms with Crippen LogP contribution in [0.3, 0.4) is 0 Å². The lowest BCUT2D eigenvalue weighted by atomic mass is 9.98. The average Bonchev–Trinajstić information content (AvgIpc) is 3.09. The first-order valence-corrected chi connectivity index (χ1v) is 10.9. The van der Waals surface area contributed by atoms with E-state index in [0.29, 0.717) is 0 Å². The van der Waals surface area contributed by atoms with Crippen LogP contribution in [-0.4, -0.2) is 29.8 Å². The minimum Gasteiger partial charge on any atom is -0.480 e. The van der Waals surface area contributed by atoms with Crippen molar-refractivity contribution in [2.45, 2.75) is 57.9 Å². The average molecular weight is 424 g/mol. The smallest absolute Gasteiger partial charge is 0.407 e. The lowest BCUT2D eigenvalue weighted by Crippen LogP contribution is -2.39. The van der Waals surface area contributed by atoms with Crippen molar-refractivity contribution in [2.75, 3.05) is 6.61 Å². The fraction of sp³-hybridized carbons (Fsp3) is 0.385. The molecule has 1 amide bonds. The molecule has 1 atom stereocenters. The van der Waals surface area contributed by atoms with E-state index in [1.807, 2.05) is 42.5 Å². The number of hydrogen-bond donors (Lipinski definition) is 2. The van der Waals surface area contributed by atoms with Gasteiger partial charge in [0.15, 0.2) is 0 Å². The third kappa shape index (κ3) is 6.99. The van der Waals surface area contributed by atoms with Crippen LogP contribution in [0.1, 0.15) is 63.0 Å². The Bertz CT molecular complexity index is 832. The van der Waals surface area contributed by atoms with Crippen LogP contribution in [0.5, 0.6) is 0 Å². The lowest BCUT2D eigenvalue weighted by Gasteiger charge is -2.15. The molecule has 2 aromatic rings. The van der Waals surface area contributed by atoms with Crippen LogP contribution in [0.4, 0.5) is 4.79 Å². The van der Waals surface area contributed by atoms with Gasteiger partial charge in [0.1, 0.15) is 12.6 Å². The molecule has 0 aliphatic heterocycles. The van der Waals surface area contributed by atoms with Gasteiger partial charge in [-0.1, -0.05) is 80.8 Å². The van der Waals surface area contributed by atoms with Crippen molar-refractivity contribution in [3.05, 3.63) is 72.3 Å². The summed E-state index contributed by atoms with van der Waals surface area (Å²) >= 11 is 0. The van der Waals surface area contributed by atoms with Gasteiger partial charge in [-0.2, -0.15) is 0 Å². The topological polar surface area (TPSA) is 75.6 Å². The van der Waals surface area contributed by atoms with Crippen LogP contribution < -0.4 is 5.32 Å². The van der Waals surface area contributed by atoms with Gasteiger partial charge in [0.2, 0.25) is 0 Å². The summed E-state index contributed by atoms with van der Waals surface area (Å²) in [7, 11) is 0. The SMILES string of the molecule is C=CCCCCCC.CC(NC(=O)OCC1c2ccccc2-c2ccccc21)C(=O)O. The minimum absolute atomic E-state index is 0.0340. The molecule has 0 bridgehead atoms. The summed E-state index contributed by atoms with van der Waals surface area (Å²) in [5, 5.41) is 11.1. The zero-order valence-corrected chi connectivity index (χ0v) is 18.5. The quantitative estimate of drug-likeness (QED) is 0.375. The molecule has 1 aliphatic carbocycles. The number of fused-ring (bicyclic) bond motifs is 3. The van der Waals surface area contributed by atoms with Crippen molar-refractivity contribution >= 4 is 12.1 Å². The number of alkyl carbamates (subject to hydrolysis) is 1. The zero-order valence-electron chi connectivity index (χ0n) is 18.5. The number of carbonyl (C=O) groups excluding carboxylic acids is 1. The third-order valence-corrected chi connectivity index (χ3v) is 5.31. The first kappa shape index (κ1) is 24.2. The number of allylic oxidation sites excluding steroid dienone is 1. The van der Waals surface area contributed by atoms with Crippen LogP contribution in [0.15, 0.2) is 61.2 Å². The summed E-state index contributed by atoms with van der Waals surface area (Å²) in [4.78, 5) is 22.5. The number of rotatable bonds is 9. The Morgan fingerprint density at radius 3 is 2.16 bits per heavy atom. The number of carbonyl (C=O) groups is 2. The predicted molar refractivity (Wildman–Crippen MR) is 124 cm³/mol. The summed E-state index contributed by atoms with van der Waals surface area (Å²) in [6.45, 7) is 7.45. The maximum absolute atomic E-state index is 11.7. The Kier molecular flexibility index (Phi) is 9.82. The molecule has 0 saturated heterocycles. The summed E-state index contributed by atoms with van der Waals surface area (Å²) in [6, 6.07) is 15.1. The van der Waals surface area contributed by atoms with E-state index < -0.39 is 18.1 Å². The number of amides is 1. The lowest BCUT2D eigenvalue weighted by molar-refractivity contribution is -0.138. The molecule has 1 aliphatic rings. The number of carboxylic acids is 1. The van der Waals surface area contributed by atoms with Gasteiger partial charge in [-0.25, -0.2) is 4.79 Å². The molecule has 1 unspecified atom stereocenters. The molecule has 0 spiro atoms. The van der Waals surface area contributed by atoms with Crippen molar-refractivity contribution in [1.29, 1.82) is 0 Å². The molecule has 0 radical (unpaired) electrons. The Balaban J connectivity index is 0.000000366. The Labute approximate surface area is 185 Å². The number of ether oxygens (including phenoxy) is 1. The van der Waals surface area contributed by atoms with Crippen molar-refractivity contribution in [3.8, 4) is 11.1 Å². The number of aliphatic carboxylic acids is 1. The first-order chi connectivity index (χ1) is 15.0. The van der Waals surface area contributed by atoms with Crippen LogP contribution in [0, 0.1) is 0 Å². The van der Waals surface area contributed by atoms with Gasteiger partial charge in [0.05, 0.1) is 0 Å². The van der Waals surface area contributed by atoms with Gasteiger partial charge in [0, 0.05) is 5.92 Å². The molecule has 2 aromatic carbocycles. The van der Waals surface area contributed by atoms with Gasteiger partial charge in [-0.15, -0.1) is 6.58 Å². The van der Waals surface area contributed by atoms with Gasteiger partial charge >= 0.3 is 12.1 Å². The standard InChI is InChI=1S/C18H17NO4.C8H16/c1-11(17(20)21)19-18(22)23-10-16-14-8-4-2-6-12(14)13-7-3-5-9-15(13)16;1-3-5-7-8-6-4-2/h2-9,11,16H,10H2,1H3,(H,19,22)(H,20,21);3H,1,4-8H2,2H3. The summed E-state index contributed by atoms with van der Waals surface area (Å²) in [5.74, 6) is -1.13. The van der Waals surface area contributed by atoms with Gasteiger partial charge in [-0.05, 0) is 42.0 Å².